The molecule has 0 saturated heterocycles. The van der Waals surface area contributed by atoms with Crippen molar-refractivity contribution in [3.05, 3.63) is 24.3 Å². The smallest absolute Gasteiger partial charge is 0.359 e. The summed E-state index contributed by atoms with van der Waals surface area (Å²) < 4.78 is 10.3. The van der Waals surface area contributed by atoms with Gasteiger partial charge in [0, 0.05) is 6.61 Å². The van der Waals surface area contributed by atoms with E-state index in [0.29, 0.717) is 31.2 Å². The average Bonchev–Trinajstić information content (AvgIpc) is 2.43. The Kier molecular flexibility index (Phi) is 7.41. The Morgan fingerprint density at radius 2 is 1.90 bits per heavy atom. The average molecular weight is 283 g/mol. The molecule has 1 rings (SSSR count). The molecule has 0 saturated carbocycles. The number of ether oxygens (including phenoxy) is 2. The van der Waals surface area contributed by atoms with Crippen molar-refractivity contribution in [3.8, 4) is 0 Å². The summed E-state index contributed by atoms with van der Waals surface area (Å²) >= 11 is 0. The second-order valence-electron chi connectivity index (χ2n) is 4.01. The Bertz CT molecular complexity index is 414. The van der Waals surface area contributed by atoms with Crippen LogP contribution in [-0.4, -0.2) is 32.4 Å². The number of hydrogen-bond acceptors (Lipinski definition) is 7. The molecule has 7 heteroatoms. The maximum atomic E-state index is 11.5. The van der Waals surface area contributed by atoms with Gasteiger partial charge < -0.3 is 20.0 Å². The summed E-state index contributed by atoms with van der Waals surface area (Å²) in [5.74, 6) is 4.99. The zero-order valence-corrected chi connectivity index (χ0v) is 11.6. The van der Waals surface area contributed by atoms with Crippen molar-refractivity contribution in [1.82, 2.24) is 0 Å². The van der Waals surface area contributed by atoms with Crippen molar-refractivity contribution in [2.45, 2.75) is 13.3 Å². The molecule has 0 unspecified atom stereocenters. The molecule has 0 aliphatic heterocycles. The lowest BCUT2D eigenvalue weighted by Gasteiger charge is -2.18. The van der Waals surface area contributed by atoms with Crippen molar-refractivity contribution in [2.75, 3.05) is 37.3 Å². The minimum atomic E-state index is -0.605. The van der Waals surface area contributed by atoms with E-state index in [4.69, 9.17) is 25.9 Å². The minimum absolute atomic E-state index is 0.198. The first kappa shape index (κ1) is 16.2. The highest BCUT2D eigenvalue weighted by molar-refractivity contribution is 5.73. The molecule has 0 fully saturated rings. The molecule has 0 spiro atoms. The maximum Gasteiger partial charge on any atom is 0.359 e. The third-order valence-corrected chi connectivity index (χ3v) is 2.31. The standard InChI is InChI=1S/C13H21N3O4/c1-2-7-18-8-9-19-10-13(17)20-16(15)12-6-4-3-5-11(12)14/h3-6H,2,7-10,14-15H2,1H3. The molecule has 0 aliphatic carbocycles. The molecule has 0 aliphatic rings. The lowest BCUT2D eigenvalue weighted by atomic mass is 10.3. The Morgan fingerprint density at radius 1 is 1.20 bits per heavy atom. The van der Waals surface area contributed by atoms with Gasteiger partial charge in [-0.3, -0.25) is 0 Å². The molecule has 112 valence electrons. The molecular weight excluding hydrogens is 262 g/mol. The van der Waals surface area contributed by atoms with Gasteiger partial charge in [-0.2, -0.15) is 0 Å². The molecule has 20 heavy (non-hydrogen) atoms. The quantitative estimate of drug-likeness (QED) is 0.300. The number of nitrogens with zero attached hydrogens (tertiary/aromatic N) is 1. The second kappa shape index (κ2) is 9.13. The fourth-order valence-corrected chi connectivity index (χ4v) is 1.39. The third kappa shape index (κ3) is 5.87. The summed E-state index contributed by atoms with van der Waals surface area (Å²) in [4.78, 5) is 16.3. The van der Waals surface area contributed by atoms with Gasteiger partial charge in [0.15, 0.2) is 0 Å². The molecule has 0 amide bonds. The predicted molar refractivity (Wildman–Crippen MR) is 75.5 cm³/mol. The van der Waals surface area contributed by atoms with Gasteiger partial charge in [-0.05, 0) is 18.6 Å². The van der Waals surface area contributed by atoms with Crippen LogP contribution in [0.2, 0.25) is 0 Å². The van der Waals surface area contributed by atoms with Gasteiger partial charge in [0.25, 0.3) is 0 Å². The molecule has 0 bridgehead atoms. The molecule has 4 N–H and O–H groups in total. The number of para-hydroxylation sites is 2. The Balaban J connectivity index is 2.23. The zero-order chi connectivity index (χ0) is 14.8. The van der Waals surface area contributed by atoms with Crippen molar-refractivity contribution in [2.24, 2.45) is 5.84 Å². The van der Waals surface area contributed by atoms with Gasteiger partial charge >= 0.3 is 5.97 Å². The number of hydrogen-bond donors (Lipinski definition) is 2. The molecule has 1 aromatic rings. The Labute approximate surface area is 118 Å². The van der Waals surface area contributed by atoms with E-state index in [1.165, 1.54) is 0 Å². The molecule has 7 nitrogen and oxygen atoms in total. The van der Waals surface area contributed by atoms with Crippen LogP contribution in [0.1, 0.15) is 13.3 Å². The van der Waals surface area contributed by atoms with E-state index in [-0.39, 0.29) is 6.61 Å². The summed E-state index contributed by atoms with van der Waals surface area (Å²) in [6.45, 7) is 3.27. The van der Waals surface area contributed by atoms with Gasteiger partial charge in [-0.25, -0.2) is 10.6 Å². The highest BCUT2D eigenvalue weighted by atomic mass is 16.7. The molecular formula is C13H21N3O4. The van der Waals surface area contributed by atoms with Crippen LogP contribution in [0.5, 0.6) is 0 Å². The monoisotopic (exact) mass is 283 g/mol. The van der Waals surface area contributed by atoms with Gasteiger partial charge in [0.1, 0.15) is 12.3 Å². The van der Waals surface area contributed by atoms with Crippen molar-refractivity contribution in [3.63, 3.8) is 0 Å². The van der Waals surface area contributed by atoms with E-state index in [1.807, 2.05) is 6.92 Å². The number of benzene rings is 1. The first-order valence-corrected chi connectivity index (χ1v) is 6.40. The second-order valence-corrected chi connectivity index (χ2v) is 4.01. The summed E-state index contributed by atoms with van der Waals surface area (Å²) in [5.41, 5.74) is 6.53. The van der Waals surface area contributed by atoms with Crippen molar-refractivity contribution < 1.29 is 19.1 Å². The molecule has 0 radical (unpaired) electrons. The van der Waals surface area contributed by atoms with Gasteiger partial charge in [0.05, 0.1) is 18.9 Å². The first-order chi connectivity index (χ1) is 9.65. The lowest BCUT2D eigenvalue weighted by Crippen LogP contribution is -2.35. The molecule has 0 aromatic heterocycles. The number of carbonyl (C=O) groups is 1. The predicted octanol–water partition coefficient (Wildman–Crippen LogP) is 0.850. The van der Waals surface area contributed by atoms with E-state index < -0.39 is 5.97 Å². The minimum Gasteiger partial charge on any atom is -0.397 e. The number of carbonyl (C=O) groups excluding carboxylic acids is 1. The number of anilines is 2. The SMILES string of the molecule is CCCOCCOCC(=O)ON(N)c1ccccc1N. The van der Waals surface area contributed by atoms with E-state index in [9.17, 15) is 4.79 Å². The van der Waals surface area contributed by atoms with E-state index in [0.717, 1.165) is 11.6 Å². The fourth-order valence-electron chi connectivity index (χ4n) is 1.39. The van der Waals surface area contributed by atoms with E-state index in [1.54, 1.807) is 24.3 Å². The van der Waals surface area contributed by atoms with Gasteiger partial charge in [0.2, 0.25) is 0 Å². The highest BCUT2D eigenvalue weighted by Gasteiger charge is 2.11. The van der Waals surface area contributed by atoms with Crippen LogP contribution < -0.4 is 16.7 Å². The summed E-state index contributed by atoms with van der Waals surface area (Å²) in [7, 11) is 0. The van der Waals surface area contributed by atoms with Crippen LogP contribution in [0, 0.1) is 0 Å². The van der Waals surface area contributed by atoms with Gasteiger partial charge in [-0.1, -0.05) is 19.1 Å². The topological polar surface area (TPSA) is 100 Å². The first-order valence-electron chi connectivity index (χ1n) is 6.40. The fraction of sp³-hybridized carbons (Fsp3) is 0.462. The van der Waals surface area contributed by atoms with Crippen LogP contribution in [0.25, 0.3) is 0 Å². The van der Waals surface area contributed by atoms with Crippen LogP contribution in [-0.2, 0) is 19.1 Å². The summed E-state index contributed by atoms with van der Waals surface area (Å²) in [6.07, 6.45) is 0.947. The zero-order valence-electron chi connectivity index (χ0n) is 11.6. The Hall–Kier alpha value is -1.83. The Morgan fingerprint density at radius 3 is 2.60 bits per heavy atom. The summed E-state index contributed by atoms with van der Waals surface area (Å²) in [6, 6.07) is 6.79. The van der Waals surface area contributed by atoms with E-state index >= 15 is 0 Å². The number of hydrazine groups is 1. The molecule has 0 atom stereocenters. The molecule has 0 heterocycles. The number of nitrogen functional groups attached to an aromatic ring is 1. The van der Waals surface area contributed by atoms with Crippen LogP contribution >= 0.6 is 0 Å². The van der Waals surface area contributed by atoms with Crippen LogP contribution in [0.3, 0.4) is 0 Å². The lowest BCUT2D eigenvalue weighted by molar-refractivity contribution is -0.151. The highest BCUT2D eigenvalue weighted by Crippen LogP contribution is 2.19. The third-order valence-electron chi connectivity index (χ3n) is 2.31. The normalized spacial score (nSPS) is 10.3. The van der Waals surface area contributed by atoms with E-state index in [2.05, 4.69) is 0 Å². The number of nitrogens with two attached hydrogens (primary N) is 2. The van der Waals surface area contributed by atoms with Crippen LogP contribution in [0.15, 0.2) is 24.3 Å². The van der Waals surface area contributed by atoms with Crippen molar-refractivity contribution >= 4 is 17.3 Å². The maximum absolute atomic E-state index is 11.5. The van der Waals surface area contributed by atoms with Crippen molar-refractivity contribution in [1.29, 1.82) is 0 Å². The van der Waals surface area contributed by atoms with Crippen LogP contribution in [0.4, 0.5) is 11.4 Å². The van der Waals surface area contributed by atoms with Gasteiger partial charge in [-0.15, -0.1) is 5.17 Å². The largest absolute Gasteiger partial charge is 0.397 e. The molecule has 1 aromatic carbocycles. The number of rotatable bonds is 9. The summed E-state index contributed by atoms with van der Waals surface area (Å²) in [5, 5.41) is 0.828.